The molecule has 0 aliphatic carbocycles. The molecule has 0 bridgehead atoms. The highest BCUT2D eigenvalue weighted by molar-refractivity contribution is 7.89. The number of sulfonamides is 1. The summed E-state index contributed by atoms with van der Waals surface area (Å²) in [5.41, 5.74) is -1.99. The van der Waals surface area contributed by atoms with Crippen molar-refractivity contribution in [3.8, 4) is 11.8 Å². The van der Waals surface area contributed by atoms with Gasteiger partial charge in [0.15, 0.2) is 5.03 Å². The van der Waals surface area contributed by atoms with E-state index in [1.165, 1.54) is 19.1 Å². The lowest BCUT2D eigenvalue weighted by Crippen LogP contribution is -2.50. The maximum atomic E-state index is 13.8. The maximum absolute atomic E-state index is 13.8. The van der Waals surface area contributed by atoms with Crippen LogP contribution >= 0.6 is 0 Å². The summed E-state index contributed by atoms with van der Waals surface area (Å²) in [6.45, 7) is 0.458. The minimum absolute atomic E-state index is 0.0842. The quantitative estimate of drug-likeness (QED) is 0.689. The number of aliphatic hydroxyl groups is 2. The summed E-state index contributed by atoms with van der Waals surface area (Å²) in [4.78, 5) is 3.58. The summed E-state index contributed by atoms with van der Waals surface area (Å²) >= 11 is 0. The first-order chi connectivity index (χ1) is 14.1. The molecule has 2 N–H and O–H groups in total. The van der Waals surface area contributed by atoms with Crippen LogP contribution in [0.1, 0.15) is 12.5 Å². The summed E-state index contributed by atoms with van der Waals surface area (Å²) in [5.74, 6) is -2.25. The summed E-state index contributed by atoms with van der Waals surface area (Å²) in [7, 11) is -4.16. The summed E-state index contributed by atoms with van der Waals surface area (Å²) in [6.07, 6.45) is -0.533. The van der Waals surface area contributed by atoms with E-state index in [9.17, 15) is 27.4 Å². The van der Waals surface area contributed by atoms with Crippen LogP contribution in [-0.4, -0.2) is 59.3 Å². The maximum Gasteiger partial charge on any atom is 0.260 e. The van der Waals surface area contributed by atoms with Crippen LogP contribution in [0.3, 0.4) is 0 Å². The number of β-amino-alcohol motifs (C(OH)–C–C–N with tert-alkyl or cyclic N) is 1. The third kappa shape index (κ3) is 4.13. The molecule has 2 heterocycles. The lowest BCUT2D eigenvalue weighted by molar-refractivity contribution is -0.0902. The zero-order valence-corrected chi connectivity index (χ0v) is 16.7. The van der Waals surface area contributed by atoms with Crippen molar-refractivity contribution in [3.05, 3.63) is 53.7 Å². The largest absolute Gasteiger partial charge is 0.493 e. The zero-order valence-electron chi connectivity index (χ0n) is 15.9. The van der Waals surface area contributed by atoms with Gasteiger partial charge in [0.2, 0.25) is 0 Å². The van der Waals surface area contributed by atoms with Crippen LogP contribution in [0.15, 0.2) is 41.6 Å². The molecule has 11 heteroatoms. The van der Waals surface area contributed by atoms with Crippen LogP contribution in [0.2, 0.25) is 0 Å². The number of rotatable bonds is 6. The van der Waals surface area contributed by atoms with Gasteiger partial charge in [-0.15, -0.1) is 0 Å². The highest BCUT2D eigenvalue weighted by atomic mass is 32.2. The minimum Gasteiger partial charge on any atom is -0.493 e. The average molecular weight is 439 g/mol. The molecule has 3 atom stereocenters. The van der Waals surface area contributed by atoms with E-state index in [2.05, 4.69) is 4.98 Å². The number of aliphatic hydroxyl groups excluding tert-OH is 1. The van der Waals surface area contributed by atoms with Crippen molar-refractivity contribution in [2.75, 3.05) is 19.7 Å². The summed E-state index contributed by atoms with van der Waals surface area (Å²) < 4.78 is 58.9. The van der Waals surface area contributed by atoms with Gasteiger partial charge in [0.05, 0.1) is 24.5 Å². The number of hydrogen-bond donors (Lipinski definition) is 2. The molecule has 0 spiro atoms. The van der Waals surface area contributed by atoms with Gasteiger partial charge in [-0.25, -0.2) is 22.2 Å². The van der Waals surface area contributed by atoms with Crippen molar-refractivity contribution in [1.82, 2.24) is 9.29 Å². The second-order valence-corrected chi connectivity index (χ2v) is 8.93. The minimum atomic E-state index is -4.16. The van der Waals surface area contributed by atoms with E-state index in [0.29, 0.717) is 0 Å². The Hall–Kier alpha value is -2.65. The second kappa shape index (κ2) is 8.23. The number of nitriles is 1. The fraction of sp³-hybridized carbons (Fsp3) is 0.368. The highest BCUT2D eigenvalue weighted by Gasteiger charge is 2.52. The van der Waals surface area contributed by atoms with E-state index in [1.54, 1.807) is 6.07 Å². The molecule has 160 valence electrons. The standard InChI is InChI=1S/C19H19F2N3O5S/c1-12(25)19(26)11-24(30(27,28)18-5-3-15(20)8-23-18)9-14(19)10-29-16-4-2-13(7-22)17(21)6-16/h2-6,8,12,14,25-26H,9-11H2,1H3/t12-,14-,19-/m1/s1. The predicted molar refractivity (Wildman–Crippen MR) is 99.7 cm³/mol. The number of benzene rings is 1. The second-order valence-electron chi connectivity index (χ2n) is 7.04. The lowest BCUT2D eigenvalue weighted by Gasteiger charge is -2.31. The van der Waals surface area contributed by atoms with Crippen LogP contribution in [0.4, 0.5) is 8.78 Å². The van der Waals surface area contributed by atoms with Gasteiger partial charge in [0.1, 0.15) is 29.1 Å². The Morgan fingerprint density at radius 2 is 2.13 bits per heavy atom. The van der Waals surface area contributed by atoms with E-state index in [0.717, 1.165) is 28.7 Å². The predicted octanol–water partition coefficient (Wildman–Crippen LogP) is 1.04. The van der Waals surface area contributed by atoms with Crippen molar-refractivity contribution in [2.45, 2.75) is 23.7 Å². The zero-order chi connectivity index (χ0) is 22.1. The van der Waals surface area contributed by atoms with Crippen LogP contribution in [0.5, 0.6) is 5.75 Å². The van der Waals surface area contributed by atoms with Gasteiger partial charge in [0.25, 0.3) is 10.0 Å². The van der Waals surface area contributed by atoms with Gasteiger partial charge >= 0.3 is 0 Å². The Labute approximate surface area is 172 Å². The van der Waals surface area contributed by atoms with E-state index in [1.807, 2.05) is 0 Å². The van der Waals surface area contributed by atoms with Crippen LogP contribution in [-0.2, 0) is 10.0 Å². The molecule has 0 unspecified atom stereocenters. The average Bonchev–Trinajstić information content (AvgIpc) is 3.06. The van der Waals surface area contributed by atoms with E-state index >= 15 is 0 Å². The van der Waals surface area contributed by atoms with Crippen molar-refractivity contribution < 1.29 is 32.1 Å². The van der Waals surface area contributed by atoms with Gasteiger partial charge in [-0.1, -0.05) is 0 Å². The fourth-order valence-electron chi connectivity index (χ4n) is 3.25. The third-order valence-electron chi connectivity index (χ3n) is 5.10. The molecule has 1 aromatic heterocycles. The number of ether oxygens (including phenoxy) is 1. The topological polar surface area (TPSA) is 124 Å². The van der Waals surface area contributed by atoms with Gasteiger partial charge in [-0.3, -0.25) is 0 Å². The Morgan fingerprint density at radius 3 is 2.70 bits per heavy atom. The molecule has 0 amide bonds. The monoisotopic (exact) mass is 439 g/mol. The first-order valence-electron chi connectivity index (χ1n) is 8.92. The van der Waals surface area contributed by atoms with Crippen LogP contribution < -0.4 is 4.74 Å². The van der Waals surface area contributed by atoms with Gasteiger partial charge in [-0.2, -0.15) is 9.57 Å². The molecule has 3 rings (SSSR count). The molecule has 1 saturated heterocycles. The molecule has 1 aliphatic rings. The Morgan fingerprint density at radius 1 is 1.40 bits per heavy atom. The summed E-state index contributed by atoms with van der Waals surface area (Å²) in [6, 6.07) is 7.26. The fourth-order valence-corrected chi connectivity index (χ4v) is 4.70. The number of pyridine rings is 1. The molecule has 1 aliphatic heterocycles. The van der Waals surface area contributed by atoms with E-state index in [4.69, 9.17) is 10.00 Å². The Kier molecular flexibility index (Phi) is 6.05. The molecule has 1 fully saturated rings. The van der Waals surface area contributed by atoms with Crippen molar-refractivity contribution in [2.24, 2.45) is 5.92 Å². The number of nitrogens with zero attached hydrogens (tertiary/aromatic N) is 3. The molecule has 0 saturated carbocycles. The molecule has 0 radical (unpaired) electrons. The number of halogens is 2. The molecular formula is C19H19F2N3O5S. The van der Waals surface area contributed by atoms with Crippen LogP contribution in [0.25, 0.3) is 0 Å². The highest BCUT2D eigenvalue weighted by Crippen LogP contribution is 2.34. The smallest absolute Gasteiger partial charge is 0.260 e. The molecule has 1 aromatic carbocycles. The number of hydrogen-bond acceptors (Lipinski definition) is 7. The van der Waals surface area contributed by atoms with Gasteiger partial charge in [0, 0.05) is 25.1 Å². The Balaban J connectivity index is 1.81. The lowest BCUT2D eigenvalue weighted by atomic mass is 9.87. The van der Waals surface area contributed by atoms with E-state index < -0.39 is 50.9 Å². The third-order valence-corrected chi connectivity index (χ3v) is 6.83. The normalized spacial score (nSPS) is 23.1. The van der Waals surface area contributed by atoms with Crippen molar-refractivity contribution in [1.29, 1.82) is 5.26 Å². The Bertz CT molecular complexity index is 1070. The van der Waals surface area contributed by atoms with Crippen molar-refractivity contribution >= 4 is 10.0 Å². The number of aromatic nitrogens is 1. The molecule has 8 nitrogen and oxygen atoms in total. The van der Waals surface area contributed by atoms with Crippen molar-refractivity contribution in [3.63, 3.8) is 0 Å². The van der Waals surface area contributed by atoms with Crippen LogP contribution in [0, 0.1) is 28.9 Å². The first-order valence-corrected chi connectivity index (χ1v) is 10.4. The first kappa shape index (κ1) is 22.0. The van der Waals surface area contributed by atoms with Gasteiger partial charge < -0.3 is 14.9 Å². The molecule has 30 heavy (non-hydrogen) atoms. The molecule has 2 aromatic rings. The van der Waals surface area contributed by atoms with E-state index in [-0.39, 0.29) is 24.5 Å². The molecular weight excluding hydrogens is 420 g/mol. The summed E-state index contributed by atoms with van der Waals surface area (Å²) in [5, 5.41) is 29.4. The SMILES string of the molecule is C[C@@H](O)[C@]1(O)CN(S(=O)(=O)c2ccc(F)cn2)C[C@@H]1COc1ccc(C#N)c(F)c1. The van der Waals surface area contributed by atoms with Gasteiger partial charge in [-0.05, 0) is 31.2 Å².